The monoisotopic (exact) mass is 301 g/mol. The lowest BCUT2D eigenvalue weighted by atomic mass is 10.2. The predicted octanol–water partition coefficient (Wildman–Crippen LogP) is 4.31. The summed E-state index contributed by atoms with van der Waals surface area (Å²) in [5, 5.41) is 12.0. The van der Waals surface area contributed by atoms with Gasteiger partial charge in [-0.05, 0) is 32.4 Å². The minimum atomic E-state index is 0.214. The summed E-state index contributed by atoms with van der Waals surface area (Å²) in [7, 11) is 0. The molecule has 0 aliphatic rings. The Bertz CT molecular complexity index is 618. The Labute approximate surface area is 129 Å². The number of ether oxygens (including phenoxy) is 1. The highest BCUT2D eigenvalue weighted by atomic mass is 32.1. The lowest BCUT2D eigenvalue weighted by Gasteiger charge is -2.15. The lowest BCUT2D eigenvalue weighted by molar-refractivity contribution is 0.313. The summed E-state index contributed by atoms with van der Waals surface area (Å²) in [4.78, 5) is 5.53. The lowest BCUT2D eigenvalue weighted by Crippen LogP contribution is -2.06. The summed E-state index contributed by atoms with van der Waals surface area (Å²) in [5.41, 5.74) is 3.97. The summed E-state index contributed by atoms with van der Waals surface area (Å²) in [6.07, 6.45) is 1.28. The Kier molecular flexibility index (Phi) is 5.59. The second-order valence-electron chi connectivity index (χ2n) is 4.81. The molecule has 0 aliphatic heterocycles. The van der Waals surface area contributed by atoms with E-state index in [2.05, 4.69) is 23.3 Å². The molecule has 21 heavy (non-hydrogen) atoms. The van der Waals surface area contributed by atoms with Crippen molar-refractivity contribution >= 4 is 17.0 Å². The Balaban J connectivity index is 1.95. The van der Waals surface area contributed by atoms with Crippen molar-refractivity contribution in [1.82, 2.24) is 4.98 Å². The van der Waals surface area contributed by atoms with Crippen molar-refractivity contribution in [2.24, 2.45) is 0 Å². The fourth-order valence-electron chi connectivity index (χ4n) is 2.06. The fraction of sp³-hybridized carbons (Fsp3) is 0.375. The highest BCUT2D eigenvalue weighted by Gasteiger charge is 2.11. The molecule has 0 saturated carbocycles. The van der Waals surface area contributed by atoms with E-state index < -0.39 is 0 Å². The number of thiazole rings is 1. The van der Waals surface area contributed by atoms with Crippen molar-refractivity contribution in [1.29, 1.82) is 5.26 Å². The first kappa shape index (κ1) is 15.3. The minimum Gasteiger partial charge on any atom is -0.493 e. The number of nitrogens with zero attached hydrogens (tertiary/aromatic N) is 2. The zero-order chi connectivity index (χ0) is 15.1. The van der Waals surface area contributed by atoms with E-state index in [4.69, 9.17) is 10.00 Å². The standard InChI is InChI=1S/C16H19N3OS/c1-12-16(21-11-18-12)13(2)19-14-6-5-7-15(10-14)20-9-4-3-8-17/h5-7,10-11,13,19H,3-4,9H2,1-2H3. The average Bonchev–Trinajstić information content (AvgIpc) is 2.90. The summed E-state index contributed by atoms with van der Waals surface area (Å²) >= 11 is 1.66. The van der Waals surface area contributed by atoms with Gasteiger partial charge in [0.15, 0.2) is 0 Å². The molecule has 0 saturated heterocycles. The van der Waals surface area contributed by atoms with Crippen molar-refractivity contribution in [2.45, 2.75) is 32.7 Å². The summed E-state index contributed by atoms with van der Waals surface area (Å²) in [6, 6.07) is 10.2. The summed E-state index contributed by atoms with van der Waals surface area (Å²) < 4.78 is 5.64. The van der Waals surface area contributed by atoms with Gasteiger partial charge in [0.25, 0.3) is 0 Å². The van der Waals surface area contributed by atoms with Gasteiger partial charge in [0.1, 0.15) is 5.75 Å². The van der Waals surface area contributed by atoms with E-state index in [9.17, 15) is 0 Å². The zero-order valence-corrected chi connectivity index (χ0v) is 13.1. The Morgan fingerprint density at radius 3 is 3.05 bits per heavy atom. The molecule has 1 heterocycles. The second kappa shape index (κ2) is 7.65. The van der Waals surface area contributed by atoms with Crippen LogP contribution in [0.15, 0.2) is 29.8 Å². The number of aromatic nitrogens is 1. The molecular formula is C16H19N3OS. The molecule has 4 nitrogen and oxygen atoms in total. The van der Waals surface area contributed by atoms with Gasteiger partial charge in [-0.15, -0.1) is 11.3 Å². The molecule has 0 fully saturated rings. The number of hydrogen-bond donors (Lipinski definition) is 1. The minimum absolute atomic E-state index is 0.214. The molecular weight excluding hydrogens is 282 g/mol. The molecule has 1 atom stereocenters. The van der Waals surface area contributed by atoms with Gasteiger partial charge in [0, 0.05) is 23.1 Å². The van der Waals surface area contributed by atoms with E-state index in [1.807, 2.05) is 36.7 Å². The van der Waals surface area contributed by atoms with Gasteiger partial charge in [-0.3, -0.25) is 0 Å². The van der Waals surface area contributed by atoms with Crippen molar-refractivity contribution < 1.29 is 4.74 Å². The molecule has 1 aromatic carbocycles. The number of rotatable bonds is 7. The third-order valence-corrected chi connectivity index (χ3v) is 4.21. The maximum atomic E-state index is 8.50. The number of nitrogens with one attached hydrogen (secondary N) is 1. The highest BCUT2D eigenvalue weighted by Crippen LogP contribution is 2.26. The predicted molar refractivity (Wildman–Crippen MR) is 85.7 cm³/mol. The van der Waals surface area contributed by atoms with Crippen LogP contribution in [-0.2, 0) is 0 Å². The van der Waals surface area contributed by atoms with Crippen LogP contribution in [0.3, 0.4) is 0 Å². The van der Waals surface area contributed by atoms with Gasteiger partial charge in [-0.1, -0.05) is 6.07 Å². The third-order valence-electron chi connectivity index (χ3n) is 3.09. The number of benzene rings is 1. The van der Waals surface area contributed by atoms with Crippen LogP contribution in [0.1, 0.15) is 36.4 Å². The third kappa shape index (κ3) is 4.47. The molecule has 0 aliphatic carbocycles. The summed E-state index contributed by atoms with van der Waals surface area (Å²) in [6.45, 7) is 4.72. The van der Waals surface area contributed by atoms with Crippen molar-refractivity contribution in [3.05, 3.63) is 40.3 Å². The normalized spacial score (nSPS) is 11.7. The van der Waals surface area contributed by atoms with Crippen molar-refractivity contribution in [3.8, 4) is 11.8 Å². The van der Waals surface area contributed by atoms with Crippen LogP contribution in [0.25, 0.3) is 0 Å². The van der Waals surface area contributed by atoms with E-state index in [-0.39, 0.29) is 6.04 Å². The molecule has 110 valence electrons. The number of aryl methyl sites for hydroxylation is 1. The van der Waals surface area contributed by atoms with Crippen LogP contribution in [0.2, 0.25) is 0 Å². The Morgan fingerprint density at radius 2 is 2.33 bits per heavy atom. The largest absolute Gasteiger partial charge is 0.493 e. The smallest absolute Gasteiger partial charge is 0.121 e. The molecule has 0 spiro atoms. The molecule has 1 N–H and O–H groups in total. The van der Waals surface area contributed by atoms with E-state index in [0.717, 1.165) is 23.6 Å². The van der Waals surface area contributed by atoms with Crippen molar-refractivity contribution in [2.75, 3.05) is 11.9 Å². The molecule has 2 aromatic rings. The number of unbranched alkanes of at least 4 members (excludes halogenated alkanes) is 1. The van der Waals surface area contributed by atoms with Gasteiger partial charge >= 0.3 is 0 Å². The molecule has 0 radical (unpaired) electrons. The molecule has 2 rings (SSSR count). The van der Waals surface area contributed by atoms with Gasteiger partial charge < -0.3 is 10.1 Å². The van der Waals surface area contributed by atoms with E-state index in [1.54, 1.807) is 11.3 Å². The van der Waals surface area contributed by atoms with Crippen LogP contribution in [-0.4, -0.2) is 11.6 Å². The van der Waals surface area contributed by atoms with Crippen LogP contribution >= 0.6 is 11.3 Å². The molecule has 0 amide bonds. The zero-order valence-electron chi connectivity index (χ0n) is 12.3. The second-order valence-corrected chi connectivity index (χ2v) is 5.69. The maximum Gasteiger partial charge on any atom is 0.121 e. The van der Waals surface area contributed by atoms with Gasteiger partial charge in [-0.2, -0.15) is 5.26 Å². The SMILES string of the molecule is Cc1ncsc1C(C)Nc1cccc(OCCCC#N)c1. The van der Waals surface area contributed by atoms with E-state index in [1.165, 1.54) is 4.88 Å². The van der Waals surface area contributed by atoms with Crippen LogP contribution in [0, 0.1) is 18.3 Å². The fourth-order valence-corrected chi connectivity index (χ4v) is 2.87. The number of nitriles is 1. The topological polar surface area (TPSA) is 57.9 Å². The first-order chi connectivity index (χ1) is 10.2. The molecule has 0 bridgehead atoms. The highest BCUT2D eigenvalue weighted by molar-refractivity contribution is 7.09. The average molecular weight is 301 g/mol. The van der Waals surface area contributed by atoms with Gasteiger partial charge in [0.05, 0.1) is 29.9 Å². The Morgan fingerprint density at radius 1 is 1.48 bits per heavy atom. The first-order valence-electron chi connectivity index (χ1n) is 6.97. The van der Waals surface area contributed by atoms with Crippen LogP contribution < -0.4 is 10.1 Å². The molecule has 5 heteroatoms. The molecule has 1 unspecified atom stereocenters. The summed E-state index contributed by atoms with van der Waals surface area (Å²) in [5.74, 6) is 0.825. The van der Waals surface area contributed by atoms with Crippen LogP contribution in [0.4, 0.5) is 5.69 Å². The van der Waals surface area contributed by atoms with Crippen molar-refractivity contribution in [3.63, 3.8) is 0 Å². The number of anilines is 1. The van der Waals surface area contributed by atoms with E-state index >= 15 is 0 Å². The quantitative estimate of drug-likeness (QED) is 0.774. The van der Waals surface area contributed by atoms with E-state index in [0.29, 0.717) is 13.0 Å². The first-order valence-corrected chi connectivity index (χ1v) is 7.85. The number of hydrogen-bond acceptors (Lipinski definition) is 5. The van der Waals surface area contributed by atoms with Gasteiger partial charge in [-0.25, -0.2) is 4.98 Å². The maximum absolute atomic E-state index is 8.50. The molecule has 1 aromatic heterocycles. The Hall–Kier alpha value is -2.06. The van der Waals surface area contributed by atoms with Gasteiger partial charge in [0.2, 0.25) is 0 Å². The van der Waals surface area contributed by atoms with Crippen LogP contribution in [0.5, 0.6) is 5.75 Å².